The standard InChI is InChI=1S/C12H16ClNO2/c13-7-9-14(8-6-12(15)16)10-11-4-2-1-3-5-11/h1-5H,6-10H2,(H,15,16). The number of nitrogens with zero attached hydrogens (tertiary/aromatic N) is 1. The highest BCUT2D eigenvalue weighted by molar-refractivity contribution is 6.18. The number of halogens is 1. The Morgan fingerprint density at radius 3 is 2.50 bits per heavy atom. The molecule has 0 saturated carbocycles. The van der Waals surface area contributed by atoms with E-state index in [1.165, 1.54) is 5.56 Å². The van der Waals surface area contributed by atoms with Crippen molar-refractivity contribution in [2.45, 2.75) is 13.0 Å². The minimum Gasteiger partial charge on any atom is -0.481 e. The van der Waals surface area contributed by atoms with E-state index < -0.39 is 5.97 Å². The van der Waals surface area contributed by atoms with Crippen LogP contribution in [0.2, 0.25) is 0 Å². The summed E-state index contributed by atoms with van der Waals surface area (Å²) in [5.41, 5.74) is 1.18. The third-order valence-electron chi connectivity index (χ3n) is 2.29. The zero-order valence-electron chi connectivity index (χ0n) is 9.10. The van der Waals surface area contributed by atoms with Gasteiger partial charge in [0, 0.05) is 25.5 Å². The molecule has 1 aromatic rings. The minimum absolute atomic E-state index is 0.156. The molecule has 88 valence electrons. The molecular formula is C12H16ClNO2. The fourth-order valence-corrected chi connectivity index (χ4v) is 1.72. The van der Waals surface area contributed by atoms with Crippen LogP contribution in [0.3, 0.4) is 0 Å². The summed E-state index contributed by atoms with van der Waals surface area (Å²) in [6.07, 6.45) is 0.156. The molecule has 3 nitrogen and oxygen atoms in total. The average molecular weight is 242 g/mol. The minimum atomic E-state index is -0.771. The molecule has 0 heterocycles. The van der Waals surface area contributed by atoms with Gasteiger partial charge in [0.25, 0.3) is 0 Å². The number of rotatable bonds is 7. The summed E-state index contributed by atoms with van der Waals surface area (Å²) in [6.45, 7) is 2.00. The van der Waals surface area contributed by atoms with Gasteiger partial charge in [0.15, 0.2) is 0 Å². The number of hydrogen-bond donors (Lipinski definition) is 1. The Morgan fingerprint density at radius 2 is 1.94 bits per heavy atom. The maximum atomic E-state index is 10.5. The highest BCUT2D eigenvalue weighted by Gasteiger charge is 2.07. The summed E-state index contributed by atoms with van der Waals surface area (Å²) in [5, 5.41) is 8.64. The van der Waals surface area contributed by atoms with Gasteiger partial charge in [0.2, 0.25) is 0 Å². The molecule has 0 spiro atoms. The van der Waals surface area contributed by atoms with Crippen molar-refractivity contribution in [3.8, 4) is 0 Å². The molecular weight excluding hydrogens is 226 g/mol. The van der Waals surface area contributed by atoms with Gasteiger partial charge in [-0.25, -0.2) is 0 Å². The quantitative estimate of drug-likeness (QED) is 0.744. The van der Waals surface area contributed by atoms with Gasteiger partial charge in [-0.1, -0.05) is 30.3 Å². The van der Waals surface area contributed by atoms with Crippen molar-refractivity contribution >= 4 is 17.6 Å². The first-order chi connectivity index (χ1) is 7.72. The normalized spacial score (nSPS) is 10.6. The van der Waals surface area contributed by atoms with Crippen LogP contribution in [0.4, 0.5) is 0 Å². The van der Waals surface area contributed by atoms with Crippen LogP contribution in [0.15, 0.2) is 30.3 Å². The lowest BCUT2D eigenvalue weighted by molar-refractivity contribution is -0.137. The number of carboxylic acids is 1. The maximum absolute atomic E-state index is 10.5. The fourth-order valence-electron chi connectivity index (χ4n) is 1.48. The molecule has 0 atom stereocenters. The van der Waals surface area contributed by atoms with Gasteiger partial charge >= 0.3 is 5.97 Å². The van der Waals surface area contributed by atoms with Crippen LogP contribution in [0.5, 0.6) is 0 Å². The Morgan fingerprint density at radius 1 is 1.25 bits per heavy atom. The number of hydrogen-bond acceptors (Lipinski definition) is 2. The van der Waals surface area contributed by atoms with E-state index in [-0.39, 0.29) is 6.42 Å². The van der Waals surface area contributed by atoms with Crippen molar-refractivity contribution < 1.29 is 9.90 Å². The van der Waals surface area contributed by atoms with Crippen molar-refractivity contribution in [2.24, 2.45) is 0 Å². The first kappa shape index (κ1) is 13.0. The molecule has 0 fully saturated rings. The molecule has 0 unspecified atom stereocenters. The molecule has 1 rings (SSSR count). The summed E-state index contributed by atoms with van der Waals surface area (Å²) >= 11 is 5.69. The predicted octanol–water partition coefficient (Wildman–Crippen LogP) is 2.20. The van der Waals surface area contributed by atoms with E-state index in [0.29, 0.717) is 19.0 Å². The van der Waals surface area contributed by atoms with Crippen LogP contribution in [0.25, 0.3) is 0 Å². The number of carbonyl (C=O) groups is 1. The summed E-state index contributed by atoms with van der Waals surface area (Å²) in [5.74, 6) is -0.250. The third kappa shape index (κ3) is 5.14. The second-order valence-corrected chi connectivity index (χ2v) is 3.97. The number of benzene rings is 1. The van der Waals surface area contributed by atoms with Crippen molar-refractivity contribution in [1.29, 1.82) is 0 Å². The number of carboxylic acid groups (broad SMARTS) is 1. The molecule has 1 aromatic carbocycles. The third-order valence-corrected chi connectivity index (χ3v) is 2.46. The number of aliphatic carboxylic acids is 1. The summed E-state index contributed by atoms with van der Waals surface area (Å²) < 4.78 is 0. The summed E-state index contributed by atoms with van der Waals surface area (Å²) in [6, 6.07) is 9.98. The van der Waals surface area contributed by atoms with Gasteiger partial charge in [-0.05, 0) is 5.56 Å². The van der Waals surface area contributed by atoms with Crippen LogP contribution in [0, 0.1) is 0 Å². The summed E-state index contributed by atoms with van der Waals surface area (Å²) in [7, 11) is 0. The zero-order valence-corrected chi connectivity index (χ0v) is 9.86. The van der Waals surface area contributed by atoms with Crippen molar-refractivity contribution in [1.82, 2.24) is 4.90 Å². The lowest BCUT2D eigenvalue weighted by Gasteiger charge is -2.20. The van der Waals surface area contributed by atoms with Crippen molar-refractivity contribution in [3.05, 3.63) is 35.9 Å². The Balaban J connectivity index is 2.47. The van der Waals surface area contributed by atoms with E-state index >= 15 is 0 Å². The van der Waals surface area contributed by atoms with Gasteiger partial charge in [-0.3, -0.25) is 9.69 Å². The van der Waals surface area contributed by atoms with Crippen molar-refractivity contribution in [3.63, 3.8) is 0 Å². The van der Waals surface area contributed by atoms with E-state index in [0.717, 1.165) is 6.54 Å². The molecule has 16 heavy (non-hydrogen) atoms. The molecule has 0 aliphatic heterocycles. The zero-order chi connectivity index (χ0) is 11.8. The molecule has 0 radical (unpaired) electrons. The van der Waals surface area contributed by atoms with Crippen LogP contribution >= 0.6 is 11.6 Å². The second-order valence-electron chi connectivity index (χ2n) is 3.59. The largest absolute Gasteiger partial charge is 0.481 e. The Labute approximate surface area is 101 Å². The van der Waals surface area contributed by atoms with Gasteiger partial charge in [-0.2, -0.15) is 0 Å². The first-order valence-corrected chi connectivity index (χ1v) is 5.80. The predicted molar refractivity (Wildman–Crippen MR) is 64.7 cm³/mol. The molecule has 0 aliphatic carbocycles. The summed E-state index contributed by atoms with van der Waals surface area (Å²) in [4.78, 5) is 12.6. The van der Waals surface area contributed by atoms with E-state index in [1.54, 1.807) is 0 Å². The van der Waals surface area contributed by atoms with Crippen molar-refractivity contribution in [2.75, 3.05) is 19.0 Å². The van der Waals surface area contributed by atoms with Gasteiger partial charge in [0.1, 0.15) is 0 Å². The van der Waals surface area contributed by atoms with Crippen LogP contribution in [-0.2, 0) is 11.3 Å². The molecule has 0 amide bonds. The van der Waals surface area contributed by atoms with Gasteiger partial charge < -0.3 is 5.11 Å². The molecule has 1 N–H and O–H groups in total. The molecule has 0 aromatic heterocycles. The maximum Gasteiger partial charge on any atom is 0.304 e. The van der Waals surface area contributed by atoms with Crippen LogP contribution < -0.4 is 0 Å². The smallest absolute Gasteiger partial charge is 0.304 e. The highest BCUT2D eigenvalue weighted by Crippen LogP contribution is 2.05. The molecule has 4 heteroatoms. The van der Waals surface area contributed by atoms with E-state index in [9.17, 15) is 4.79 Å². The Hall–Kier alpha value is -1.06. The second kappa shape index (κ2) is 7.25. The average Bonchev–Trinajstić information content (AvgIpc) is 2.27. The topological polar surface area (TPSA) is 40.5 Å². The molecule has 0 saturated heterocycles. The SMILES string of the molecule is O=C(O)CCN(CCCl)Cc1ccccc1. The Bertz CT molecular complexity index is 316. The van der Waals surface area contributed by atoms with E-state index in [2.05, 4.69) is 4.90 Å². The molecule has 0 bridgehead atoms. The monoisotopic (exact) mass is 241 g/mol. The lowest BCUT2D eigenvalue weighted by atomic mass is 10.2. The van der Waals surface area contributed by atoms with Gasteiger partial charge in [0.05, 0.1) is 6.42 Å². The van der Waals surface area contributed by atoms with Crippen LogP contribution in [0.1, 0.15) is 12.0 Å². The highest BCUT2D eigenvalue weighted by atomic mass is 35.5. The van der Waals surface area contributed by atoms with Gasteiger partial charge in [-0.15, -0.1) is 11.6 Å². The first-order valence-electron chi connectivity index (χ1n) is 5.26. The lowest BCUT2D eigenvalue weighted by Crippen LogP contribution is -2.27. The van der Waals surface area contributed by atoms with E-state index in [1.807, 2.05) is 30.3 Å². The molecule has 0 aliphatic rings. The fraction of sp³-hybridized carbons (Fsp3) is 0.417. The number of alkyl halides is 1. The Kier molecular flexibility index (Phi) is 5.90. The van der Waals surface area contributed by atoms with E-state index in [4.69, 9.17) is 16.7 Å². The van der Waals surface area contributed by atoms with Crippen LogP contribution in [-0.4, -0.2) is 34.9 Å².